The van der Waals surface area contributed by atoms with Crippen LogP contribution >= 0.6 is 0 Å². The highest BCUT2D eigenvalue weighted by Gasteiger charge is 2.06. The van der Waals surface area contributed by atoms with Crippen LogP contribution in [0, 0.1) is 0 Å². The molecule has 0 aliphatic carbocycles. The first-order valence-electron chi connectivity index (χ1n) is 5.30. The number of ether oxygens (including phenoxy) is 2. The third kappa shape index (κ3) is 3.90. The number of hydrogen-bond acceptors (Lipinski definition) is 3. The molecule has 15 heavy (non-hydrogen) atoms. The Kier molecular flexibility index (Phi) is 5.15. The van der Waals surface area contributed by atoms with Crippen LogP contribution in [0.3, 0.4) is 0 Å². The molecule has 1 atom stereocenters. The number of nitrogens with two attached hydrogens (primary N) is 1. The standard InChI is InChI=1S/C12H19NO2/c1-3-14-8-9-15-12-7-5-4-6-11(12)10(2)13/h4-7,10H,3,8-9,13H2,1-2H3/t10-/m1/s1. The summed E-state index contributed by atoms with van der Waals surface area (Å²) in [5.74, 6) is 0.854. The predicted octanol–water partition coefficient (Wildman–Crippen LogP) is 2.12. The molecule has 0 bridgehead atoms. The van der Waals surface area contributed by atoms with E-state index in [1.54, 1.807) is 0 Å². The van der Waals surface area contributed by atoms with Crippen LogP contribution in [0.25, 0.3) is 0 Å². The van der Waals surface area contributed by atoms with E-state index in [0.29, 0.717) is 13.2 Å². The fraction of sp³-hybridized carbons (Fsp3) is 0.500. The van der Waals surface area contributed by atoms with Crippen molar-refractivity contribution in [2.24, 2.45) is 5.73 Å². The average Bonchev–Trinajstić information content (AvgIpc) is 2.25. The lowest BCUT2D eigenvalue weighted by atomic mass is 10.1. The number of benzene rings is 1. The molecule has 1 aromatic rings. The quantitative estimate of drug-likeness (QED) is 0.730. The summed E-state index contributed by atoms with van der Waals surface area (Å²) in [4.78, 5) is 0. The summed E-state index contributed by atoms with van der Waals surface area (Å²) in [6.07, 6.45) is 0. The topological polar surface area (TPSA) is 44.5 Å². The first kappa shape index (κ1) is 12.0. The second kappa shape index (κ2) is 6.43. The van der Waals surface area contributed by atoms with Crippen LogP contribution in [0.1, 0.15) is 25.5 Å². The molecule has 0 amide bonds. The third-order valence-electron chi connectivity index (χ3n) is 2.10. The molecule has 1 rings (SSSR count). The number of hydrogen-bond donors (Lipinski definition) is 1. The van der Waals surface area contributed by atoms with Gasteiger partial charge in [0, 0.05) is 18.2 Å². The van der Waals surface area contributed by atoms with Gasteiger partial charge < -0.3 is 15.2 Å². The monoisotopic (exact) mass is 209 g/mol. The van der Waals surface area contributed by atoms with Gasteiger partial charge in [0.15, 0.2) is 0 Å². The van der Waals surface area contributed by atoms with Crippen LogP contribution in [-0.2, 0) is 4.74 Å². The lowest BCUT2D eigenvalue weighted by molar-refractivity contribution is 0.109. The summed E-state index contributed by atoms with van der Waals surface area (Å²) in [7, 11) is 0. The van der Waals surface area contributed by atoms with Gasteiger partial charge in [-0.05, 0) is 19.9 Å². The van der Waals surface area contributed by atoms with Gasteiger partial charge in [0.25, 0.3) is 0 Å². The molecule has 0 aliphatic rings. The van der Waals surface area contributed by atoms with E-state index in [-0.39, 0.29) is 6.04 Å². The van der Waals surface area contributed by atoms with Gasteiger partial charge in [-0.15, -0.1) is 0 Å². The molecule has 2 N–H and O–H groups in total. The van der Waals surface area contributed by atoms with E-state index >= 15 is 0 Å². The summed E-state index contributed by atoms with van der Waals surface area (Å²) in [5, 5.41) is 0. The van der Waals surface area contributed by atoms with Crippen molar-refractivity contribution in [1.82, 2.24) is 0 Å². The molecular formula is C12H19NO2. The van der Waals surface area contributed by atoms with Gasteiger partial charge in [-0.3, -0.25) is 0 Å². The summed E-state index contributed by atoms with van der Waals surface area (Å²) in [6, 6.07) is 7.83. The van der Waals surface area contributed by atoms with Gasteiger partial charge in [-0.1, -0.05) is 18.2 Å². The number of rotatable bonds is 6. The molecule has 0 radical (unpaired) electrons. The van der Waals surface area contributed by atoms with Crippen LogP contribution in [0.5, 0.6) is 5.75 Å². The van der Waals surface area contributed by atoms with E-state index in [9.17, 15) is 0 Å². The van der Waals surface area contributed by atoms with Crippen molar-refractivity contribution >= 4 is 0 Å². The van der Waals surface area contributed by atoms with Gasteiger partial charge in [-0.2, -0.15) is 0 Å². The number of para-hydroxylation sites is 1. The van der Waals surface area contributed by atoms with Crippen LogP contribution in [0.15, 0.2) is 24.3 Å². The molecule has 0 saturated carbocycles. The Morgan fingerprint density at radius 1 is 1.27 bits per heavy atom. The molecule has 1 aromatic carbocycles. The van der Waals surface area contributed by atoms with Gasteiger partial charge in [0.05, 0.1) is 6.61 Å². The Labute approximate surface area is 91.2 Å². The Bertz CT molecular complexity index is 287. The first-order valence-corrected chi connectivity index (χ1v) is 5.30. The fourth-order valence-corrected chi connectivity index (χ4v) is 1.34. The highest BCUT2D eigenvalue weighted by molar-refractivity contribution is 5.35. The molecule has 0 unspecified atom stereocenters. The second-order valence-electron chi connectivity index (χ2n) is 3.37. The highest BCUT2D eigenvalue weighted by Crippen LogP contribution is 2.22. The first-order chi connectivity index (χ1) is 7.25. The normalized spacial score (nSPS) is 12.5. The Morgan fingerprint density at radius 2 is 2.00 bits per heavy atom. The maximum atomic E-state index is 5.83. The molecule has 0 fully saturated rings. The maximum absolute atomic E-state index is 5.83. The molecule has 0 saturated heterocycles. The van der Waals surface area contributed by atoms with Crippen molar-refractivity contribution < 1.29 is 9.47 Å². The second-order valence-corrected chi connectivity index (χ2v) is 3.37. The predicted molar refractivity (Wildman–Crippen MR) is 61.0 cm³/mol. The lowest BCUT2D eigenvalue weighted by Crippen LogP contribution is -2.11. The van der Waals surface area contributed by atoms with Crippen molar-refractivity contribution in [2.75, 3.05) is 19.8 Å². The zero-order chi connectivity index (χ0) is 11.1. The Morgan fingerprint density at radius 3 is 2.67 bits per heavy atom. The molecule has 0 spiro atoms. The Balaban J connectivity index is 2.52. The molecule has 0 aliphatic heterocycles. The van der Waals surface area contributed by atoms with Gasteiger partial charge in [0.1, 0.15) is 12.4 Å². The molecular weight excluding hydrogens is 190 g/mol. The zero-order valence-electron chi connectivity index (χ0n) is 9.40. The summed E-state index contributed by atoms with van der Waals surface area (Å²) >= 11 is 0. The molecule has 0 heterocycles. The molecule has 3 heteroatoms. The zero-order valence-corrected chi connectivity index (χ0v) is 9.40. The van der Waals surface area contributed by atoms with Crippen molar-refractivity contribution in [3.63, 3.8) is 0 Å². The molecule has 84 valence electrons. The smallest absolute Gasteiger partial charge is 0.124 e. The van der Waals surface area contributed by atoms with Crippen LogP contribution in [-0.4, -0.2) is 19.8 Å². The molecule has 3 nitrogen and oxygen atoms in total. The maximum Gasteiger partial charge on any atom is 0.124 e. The van der Waals surface area contributed by atoms with E-state index in [1.165, 1.54) is 0 Å². The Hall–Kier alpha value is -1.06. The van der Waals surface area contributed by atoms with E-state index in [1.807, 2.05) is 38.1 Å². The minimum Gasteiger partial charge on any atom is -0.491 e. The minimum absolute atomic E-state index is 0.00621. The summed E-state index contributed by atoms with van der Waals surface area (Å²) in [5.41, 5.74) is 6.87. The SMILES string of the molecule is CCOCCOc1ccccc1[C@@H](C)N. The average molecular weight is 209 g/mol. The molecule has 0 aromatic heterocycles. The van der Waals surface area contributed by atoms with Crippen molar-refractivity contribution in [1.29, 1.82) is 0 Å². The van der Waals surface area contributed by atoms with Gasteiger partial charge in [-0.25, -0.2) is 0 Å². The summed E-state index contributed by atoms with van der Waals surface area (Å²) < 4.78 is 10.8. The fourth-order valence-electron chi connectivity index (χ4n) is 1.34. The van der Waals surface area contributed by atoms with Gasteiger partial charge in [0.2, 0.25) is 0 Å². The van der Waals surface area contributed by atoms with Crippen LogP contribution < -0.4 is 10.5 Å². The minimum atomic E-state index is -0.00621. The van der Waals surface area contributed by atoms with E-state index < -0.39 is 0 Å². The summed E-state index contributed by atoms with van der Waals surface area (Å²) in [6.45, 7) is 5.82. The van der Waals surface area contributed by atoms with E-state index in [0.717, 1.165) is 17.9 Å². The van der Waals surface area contributed by atoms with Crippen molar-refractivity contribution in [3.05, 3.63) is 29.8 Å². The van der Waals surface area contributed by atoms with Crippen molar-refractivity contribution in [3.8, 4) is 5.75 Å². The van der Waals surface area contributed by atoms with Crippen LogP contribution in [0.4, 0.5) is 0 Å². The van der Waals surface area contributed by atoms with Crippen molar-refractivity contribution in [2.45, 2.75) is 19.9 Å². The van der Waals surface area contributed by atoms with E-state index in [2.05, 4.69) is 0 Å². The largest absolute Gasteiger partial charge is 0.491 e. The highest BCUT2D eigenvalue weighted by atomic mass is 16.5. The third-order valence-corrected chi connectivity index (χ3v) is 2.10. The lowest BCUT2D eigenvalue weighted by Gasteiger charge is -2.13. The van der Waals surface area contributed by atoms with E-state index in [4.69, 9.17) is 15.2 Å². The van der Waals surface area contributed by atoms with Gasteiger partial charge >= 0.3 is 0 Å². The van der Waals surface area contributed by atoms with Crippen LogP contribution in [0.2, 0.25) is 0 Å².